The molecule has 0 amide bonds. The van der Waals surface area contributed by atoms with Crippen LogP contribution in [0.1, 0.15) is 48.6 Å². The first-order valence-corrected chi connectivity index (χ1v) is 16.3. The van der Waals surface area contributed by atoms with Gasteiger partial charge in [-0.15, -0.1) is 0 Å². The van der Waals surface area contributed by atoms with E-state index in [0.717, 1.165) is 5.56 Å². The van der Waals surface area contributed by atoms with Gasteiger partial charge in [-0.1, -0.05) is 172 Å². The van der Waals surface area contributed by atoms with Crippen LogP contribution < -0.4 is 0 Å². The van der Waals surface area contributed by atoms with Gasteiger partial charge in [-0.05, 0) is 22.3 Å². The van der Waals surface area contributed by atoms with Gasteiger partial charge in [-0.3, -0.25) is 0 Å². The molecule has 0 unspecified atom stereocenters. The second-order valence-corrected chi connectivity index (χ2v) is 12.6. The van der Waals surface area contributed by atoms with E-state index in [9.17, 15) is 16.4 Å². The van der Waals surface area contributed by atoms with Crippen LogP contribution in [0.5, 0.6) is 0 Å². The molecule has 46 heavy (non-hydrogen) atoms. The molecule has 1 heterocycles. The molecule has 0 spiro atoms. The van der Waals surface area contributed by atoms with Crippen LogP contribution in [0, 0.1) is 5.41 Å². The van der Waals surface area contributed by atoms with Crippen LogP contribution >= 0.6 is 0 Å². The standard InChI is InChI=1S/C39H38O4.2FH.Ti/c1-36(2,3)39(33-27-17-8-18-28-33)42-34(37(40,29-19-9-4-10-20-29)30-21-11-5-12-22-30)35(43-39)38(41,31-23-13-6-14-24-31)32-25-15-7-16-26-32;;;/h4-28,34-35,40-41H,1-3H3;2*1H;/q;;;+2/p-2/t34-,35-;;;/m1.../s1. The molecule has 5 aromatic rings. The Morgan fingerprint density at radius 2 is 0.739 bits per heavy atom. The Morgan fingerprint density at radius 3 is 0.978 bits per heavy atom. The molecule has 1 aliphatic rings. The third-order valence-corrected chi connectivity index (χ3v) is 8.68. The molecule has 4 nitrogen and oxygen atoms in total. The van der Waals surface area contributed by atoms with Crippen LogP contribution in [-0.2, 0) is 46.7 Å². The Morgan fingerprint density at radius 1 is 0.500 bits per heavy atom. The molecule has 5 aromatic carbocycles. The number of hydrogen-bond donors (Lipinski definition) is 2. The fraction of sp³-hybridized carbons (Fsp3) is 0.231. The van der Waals surface area contributed by atoms with Gasteiger partial charge >= 0.3 is 26.4 Å². The third-order valence-electron chi connectivity index (χ3n) is 8.68. The molecule has 236 valence electrons. The van der Waals surface area contributed by atoms with Crippen molar-refractivity contribution in [2.45, 2.75) is 50.0 Å². The van der Waals surface area contributed by atoms with E-state index in [-0.39, 0.29) is 0 Å². The third kappa shape index (κ3) is 6.14. The number of rotatable bonds is 7. The molecule has 1 fully saturated rings. The van der Waals surface area contributed by atoms with Crippen molar-refractivity contribution in [3.63, 3.8) is 0 Å². The summed E-state index contributed by atoms with van der Waals surface area (Å²) in [5.74, 6) is -1.32. The molecule has 0 aromatic heterocycles. The Hall–Kier alpha value is -3.49. The molecule has 0 bridgehead atoms. The summed E-state index contributed by atoms with van der Waals surface area (Å²) in [6.07, 6.45) is -2.11. The molecular weight excluding hydrogens is 618 g/mol. The van der Waals surface area contributed by atoms with E-state index in [1.807, 2.05) is 152 Å². The second-order valence-electron chi connectivity index (χ2n) is 12.4. The van der Waals surface area contributed by atoms with Gasteiger partial charge in [0.2, 0.25) is 5.79 Å². The first kappa shape index (κ1) is 33.9. The number of halogens is 2. The zero-order valence-corrected chi connectivity index (χ0v) is 27.6. The van der Waals surface area contributed by atoms with Crippen LogP contribution in [0.25, 0.3) is 0 Å². The van der Waals surface area contributed by atoms with Gasteiger partial charge in [0.15, 0.2) is 0 Å². The van der Waals surface area contributed by atoms with E-state index in [1.54, 1.807) is 0 Å². The maximum atomic E-state index is 13.2. The fourth-order valence-electron chi connectivity index (χ4n) is 6.46. The van der Waals surface area contributed by atoms with Crippen molar-refractivity contribution in [3.05, 3.63) is 179 Å². The fourth-order valence-corrected chi connectivity index (χ4v) is 6.46. The second kappa shape index (κ2) is 14.1. The molecule has 0 aliphatic carbocycles. The van der Waals surface area contributed by atoms with Crippen LogP contribution in [0.15, 0.2) is 152 Å². The van der Waals surface area contributed by atoms with E-state index >= 15 is 0 Å². The average molecular weight is 657 g/mol. The summed E-state index contributed by atoms with van der Waals surface area (Å²) in [6.45, 7) is 6.19. The van der Waals surface area contributed by atoms with Crippen molar-refractivity contribution < 1.29 is 46.1 Å². The Bertz CT molecular complexity index is 1470. The van der Waals surface area contributed by atoms with Crippen LogP contribution in [0.2, 0.25) is 0 Å². The van der Waals surface area contributed by atoms with E-state index in [4.69, 9.17) is 9.47 Å². The number of aliphatic hydroxyl groups is 2. The normalized spacial score (nSPS) is 17.9. The summed E-state index contributed by atoms with van der Waals surface area (Å²) in [7, 11) is 0. The molecule has 6 rings (SSSR count). The summed E-state index contributed by atoms with van der Waals surface area (Å²) in [5.41, 5.74) is -0.644. The molecule has 1 saturated heterocycles. The van der Waals surface area contributed by atoms with Crippen molar-refractivity contribution in [2.24, 2.45) is 5.41 Å². The quantitative estimate of drug-likeness (QED) is 0.173. The van der Waals surface area contributed by atoms with Crippen LogP contribution in [0.3, 0.4) is 0 Å². The van der Waals surface area contributed by atoms with Gasteiger partial charge in [0.25, 0.3) is 0 Å². The first-order chi connectivity index (χ1) is 22.1. The Balaban J connectivity index is 0.00000134. The first-order valence-electron chi connectivity index (χ1n) is 15.2. The summed E-state index contributed by atoms with van der Waals surface area (Å²) < 4.78 is 34.0. The van der Waals surface area contributed by atoms with E-state index in [1.165, 1.54) is 0 Å². The molecule has 2 N–H and O–H groups in total. The van der Waals surface area contributed by atoms with E-state index < -0.39 is 54.8 Å². The monoisotopic (exact) mass is 656 g/mol. The van der Waals surface area contributed by atoms with Gasteiger partial charge in [0.1, 0.15) is 23.4 Å². The Labute approximate surface area is 279 Å². The van der Waals surface area contributed by atoms with Gasteiger partial charge in [-0.2, -0.15) is 0 Å². The maximum absolute atomic E-state index is 13.2. The van der Waals surface area contributed by atoms with Gasteiger partial charge in [0, 0.05) is 11.0 Å². The van der Waals surface area contributed by atoms with Gasteiger partial charge < -0.3 is 19.7 Å². The molecule has 0 radical (unpaired) electrons. The average Bonchev–Trinajstić information content (AvgIpc) is 3.54. The minimum absolute atomic E-state index is 0.607. The van der Waals surface area contributed by atoms with Crippen molar-refractivity contribution in [2.75, 3.05) is 0 Å². The summed E-state index contributed by atoms with van der Waals surface area (Å²) >= 11 is -2.50. The number of ether oxygens (including phenoxy) is 2. The molecule has 7 heteroatoms. The predicted octanol–water partition coefficient (Wildman–Crippen LogP) is 8.38. The van der Waals surface area contributed by atoms with Crippen molar-refractivity contribution in [3.8, 4) is 0 Å². The predicted molar refractivity (Wildman–Crippen MR) is 171 cm³/mol. The number of benzene rings is 5. The molecule has 2 atom stereocenters. The topological polar surface area (TPSA) is 58.9 Å². The number of hydrogen-bond acceptors (Lipinski definition) is 4. The van der Waals surface area contributed by atoms with E-state index in [0.29, 0.717) is 22.3 Å². The zero-order chi connectivity index (χ0) is 32.8. The van der Waals surface area contributed by atoms with E-state index in [2.05, 4.69) is 20.8 Å². The SMILES string of the molecule is CC(C)(C)C1(c2ccccc2)O[C@@H](C(O)(c2ccccc2)c2ccccc2)[C@H](C(O)(c2ccccc2)c2ccccc2)O1.[F][Ti][F]. The van der Waals surface area contributed by atoms with Gasteiger partial charge in [0.05, 0.1) is 0 Å². The molecule has 1 aliphatic heterocycles. The summed E-state index contributed by atoms with van der Waals surface area (Å²) in [6, 6.07) is 48.0. The van der Waals surface area contributed by atoms with Crippen molar-refractivity contribution >= 4 is 0 Å². The molecular formula is C39H38F2O4Ti. The molecule has 0 saturated carbocycles. The van der Waals surface area contributed by atoms with Crippen molar-refractivity contribution in [1.82, 2.24) is 0 Å². The Kier molecular flexibility index (Phi) is 10.4. The van der Waals surface area contributed by atoms with Crippen LogP contribution in [0.4, 0.5) is 6.18 Å². The van der Waals surface area contributed by atoms with Crippen LogP contribution in [-0.4, -0.2) is 22.4 Å². The summed E-state index contributed by atoms with van der Waals surface area (Å²) in [5, 5.41) is 26.4. The van der Waals surface area contributed by atoms with Crippen molar-refractivity contribution in [1.29, 1.82) is 0 Å². The summed E-state index contributed by atoms with van der Waals surface area (Å²) in [4.78, 5) is 0. The zero-order valence-electron chi connectivity index (χ0n) is 26.1. The minimum atomic E-state index is -2.50. The van der Waals surface area contributed by atoms with Gasteiger partial charge in [-0.25, -0.2) is 0 Å².